The van der Waals surface area contributed by atoms with Crippen molar-refractivity contribution in [3.05, 3.63) is 53.3 Å². The molecule has 2 rings (SSSR count). The number of hydrogen-bond acceptors (Lipinski definition) is 2. The molecule has 6 heteroatoms. The maximum Gasteiger partial charge on any atom is 0.191 e. The van der Waals surface area contributed by atoms with E-state index in [0.717, 1.165) is 29.6 Å². The van der Waals surface area contributed by atoms with Crippen molar-refractivity contribution in [2.24, 2.45) is 4.99 Å². The summed E-state index contributed by atoms with van der Waals surface area (Å²) >= 11 is 5.85. The number of aliphatic imine (C=N–C) groups is 1. The number of halogens is 1. The van der Waals surface area contributed by atoms with Gasteiger partial charge in [-0.3, -0.25) is 9.67 Å². The summed E-state index contributed by atoms with van der Waals surface area (Å²) in [6.45, 7) is 2.27. The van der Waals surface area contributed by atoms with Crippen LogP contribution in [0.1, 0.15) is 5.56 Å². The summed E-state index contributed by atoms with van der Waals surface area (Å²) in [6, 6.07) is 9.66. The van der Waals surface area contributed by atoms with E-state index < -0.39 is 0 Å². The topological polar surface area (TPSA) is 54.2 Å². The number of hydrogen-bond donors (Lipinski definition) is 2. The third kappa shape index (κ3) is 4.59. The van der Waals surface area contributed by atoms with Crippen LogP contribution in [0.2, 0.25) is 5.02 Å². The van der Waals surface area contributed by atoms with Crippen molar-refractivity contribution in [1.29, 1.82) is 0 Å². The first-order chi connectivity index (χ1) is 9.78. The molecule has 0 fully saturated rings. The van der Waals surface area contributed by atoms with Crippen LogP contribution in [0.15, 0.2) is 47.7 Å². The first kappa shape index (κ1) is 14.4. The molecule has 0 aliphatic carbocycles. The van der Waals surface area contributed by atoms with Gasteiger partial charge in [-0.15, -0.1) is 0 Å². The molecule has 0 aliphatic rings. The van der Waals surface area contributed by atoms with Crippen molar-refractivity contribution in [3.63, 3.8) is 0 Å². The summed E-state index contributed by atoms with van der Waals surface area (Å²) < 4.78 is 1.87. The number of rotatable bonds is 5. The molecule has 5 nitrogen and oxygen atoms in total. The van der Waals surface area contributed by atoms with E-state index in [1.54, 1.807) is 13.2 Å². The van der Waals surface area contributed by atoms with Crippen molar-refractivity contribution in [2.75, 3.05) is 13.6 Å². The molecule has 20 heavy (non-hydrogen) atoms. The van der Waals surface area contributed by atoms with Crippen LogP contribution < -0.4 is 10.6 Å². The van der Waals surface area contributed by atoms with Crippen molar-refractivity contribution < 1.29 is 0 Å². The van der Waals surface area contributed by atoms with Gasteiger partial charge in [-0.1, -0.05) is 23.7 Å². The lowest BCUT2D eigenvalue weighted by Crippen LogP contribution is -2.38. The maximum atomic E-state index is 5.85. The highest BCUT2D eigenvalue weighted by Gasteiger charge is 1.98. The molecule has 0 radical (unpaired) electrons. The molecule has 0 atom stereocenters. The molecule has 2 aromatic rings. The lowest BCUT2D eigenvalue weighted by molar-refractivity contribution is 0.597. The van der Waals surface area contributed by atoms with Crippen LogP contribution in [0.3, 0.4) is 0 Å². The van der Waals surface area contributed by atoms with Crippen LogP contribution in [0, 0.1) is 0 Å². The van der Waals surface area contributed by atoms with Crippen LogP contribution in [-0.2, 0) is 13.1 Å². The Labute approximate surface area is 123 Å². The van der Waals surface area contributed by atoms with Crippen molar-refractivity contribution >= 4 is 17.6 Å². The van der Waals surface area contributed by atoms with Gasteiger partial charge in [0.15, 0.2) is 5.96 Å². The number of aromatic nitrogens is 2. The minimum absolute atomic E-state index is 0.707. The molecule has 0 saturated carbocycles. The standard InChI is InChI=1S/C14H18ClN5/c1-16-14(17-8-10-20-9-2-7-19-20)18-11-12-3-5-13(15)6-4-12/h2-7,9H,8,10-11H2,1H3,(H2,16,17,18). The second-order valence-electron chi connectivity index (χ2n) is 4.25. The van der Waals surface area contributed by atoms with Gasteiger partial charge >= 0.3 is 0 Å². The summed E-state index contributed by atoms with van der Waals surface area (Å²) in [5.41, 5.74) is 1.16. The minimum Gasteiger partial charge on any atom is -0.355 e. The summed E-state index contributed by atoms with van der Waals surface area (Å²) in [6.07, 6.45) is 3.71. The van der Waals surface area contributed by atoms with E-state index in [1.165, 1.54) is 0 Å². The molecule has 1 aromatic heterocycles. The molecule has 1 aromatic carbocycles. The predicted octanol–water partition coefficient (Wildman–Crippen LogP) is 1.90. The highest BCUT2D eigenvalue weighted by atomic mass is 35.5. The average Bonchev–Trinajstić information content (AvgIpc) is 2.97. The molecule has 0 unspecified atom stereocenters. The Morgan fingerprint density at radius 1 is 1.30 bits per heavy atom. The second-order valence-corrected chi connectivity index (χ2v) is 4.68. The summed E-state index contributed by atoms with van der Waals surface area (Å²) in [7, 11) is 1.76. The predicted molar refractivity (Wildman–Crippen MR) is 81.9 cm³/mol. The number of benzene rings is 1. The molecule has 0 amide bonds. The van der Waals surface area contributed by atoms with Gasteiger partial charge in [0.2, 0.25) is 0 Å². The fourth-order valence-electron chi connectivity index (χ4n) is 1.73. The monoisotopic (exact) mass is 291 g/mol. The zero-order chi connectivity index (χ0) is 14.2. The molecule has 0 saturated heterocycles. The van der Waals surface area contributed by atoms with E-state index in [2.05, 4.69) is 20.7 Å². The van der Waals surface area contributed by atoms with Crippen LogP contribution in [0.5, 0.6) is 0 Å². The number of nitrogens with one attached hydrogen (secondary N) is 2. The second kappa shape index (κ2) is 7.55. The van der Waals surface area contributed by atoms with Crippen LogP contribution in [0.4, 0.5) is 0 Å². The molecule has 1 heterocycles. The highest BCUT2D eigenvalue weighted by molar-refractivity contribution is 6.30. The van der Waals surface area contributed by atoms with Gasteiger partial charge in [-0.2, -0.15) is 5.10 Å². The third-order valence-corrected chi connectivity index (χ3v) is 3.04. The van der Waals surface area contributed by atoms with Gasteiger partial charge in [0, 0.05) is 37.6 Å². The number of guanidine groups is 1. The smallest absolute Gasteiger partial charge is 0.191 e. The third-order valence-electron chi connectivity index (χ3n) is 2.79. The van der Waals surface area contributed by atoms with Crippen LogP contribution >= 0.6 is 11.6 Å². The van der Waals surface area contributed by atoms with Crippen molar-refractivity contribution in [1.82, 2.24) is 20.4 Å². The molecule has 2 N–H and O–H groups in total. The molecular weight excluding hydrogens is 274 g/mol. The first-order valence-electron chi connectivity index (χ1n) is 6.44. The molecular formula is C14H18ClN5. The van der Waals surface area contributed by atoms with Gasteiger partial charge in [-0.05, 0) is 23.8 Å². The Balaban J connectivity index is 1.73. The maximum absolute atomic E-state index is 5.85. The van der Waals surface area contributed by atoms with Crippen LogP contribution in [0.25, 0.3) is 0 Å². The lowest BCUT2D eigenvalue weighted by atomic mass is 10.2. The van der Waals surface area contributed by atoms with Gasteiger partial charge in [0.05, 0.1) is 6.54 Å². The van der Waals surface area contributed by atoms with E-state index in [9.17, 15) is 0 Å². The Kier molecular flexibility index (Phi) is 5.43. The Hall–Kier alpha value is -2.01. The Morgan fingerprint density at radius 2 is 2.10 bits per heavy atom. The van der Waals surface area contributed by atoms with E-state index in [0.29, 0.717) is 6.54 Å². The van der Waals surface area contributed by atoms with Gasteiger partial charge in [0.25, 0.3) is 0 Å². The normalized spacial score (nSPS) is 11.4. The summed E-state index contributed by atoms with van der Waals surface area (Å²) in [5.74, 6) is 0.770. The zero-order valence-electron chi connectivity index (χ0n) is 11.4. The fraction of sp³-hybridized carbons (Fsp3) is 0.286. The highest BCUT2D eigenvalue weighted by Crippen LogP contribution is 2.08. The van der Waals surface area contributed by atoms with E-state index in [1.807, 2.05) is 41.2 Å². The van der Waals surface area contributed by atoms with Crippen molar-refractivity contribution in [3.8, 4) is 0 Å². The molecule has 0 bridgehead atoms. The van der Waals surface area contributed by atoms with Crippen molar-refractivity contribution in [2.45, 2.75) is 13.1 Å². The quantitative estimate of drug-likeness (QED) is 0.653. The first-order valence-corrected chi connectivity index (χ1v) is 6.82. The van der Waals surface area contributed by atoms with Gasteiger partial charge in [0.1, 0.15) is 0 Å². The molecule has 0 spiro atoms. The van der Waals surface area contributed by atoms with Gasteiger partial charge < -0.3 is 10.6 Å². The Morgan fingerprint density at radius 3 is 2.75 bits per heavy atom. The lowest BCUT2D eigenvalue weighted by Gasteiger charge is -2.12. The fourth-order valence-corrected chi connectivity index (χ4v) is 1.86. The summed E-state index contributed by atoms with van der Waals surface area (Å²) in [4.78, 5) is 4.18. The summed E-state index contributed by atoms with van der Waals surface area (Å²) in [5, 5.41) is 11.4. The largest absolute Gasteiger partial charge is 0.355 e. The average molecular weight is 292 g/mol. The van der Waals surface area contributed by atoms with E-state index in [4.69, 9.17) is 11.6 Å². The SMILES string of the molecule is CN=C(NCCn1cccn1)NCc1ccc(Cl)cc1. The molecule has 0 aliphatic heterocycles. The van der Waals surface area contributed by atoms with Gasteiger partial charge in [-0.25, -0.2) is 0 Å². The van der Waals surface area contributed by atoms with E-state index in [-0.39, 0.29) is 0 Å². The van der Waals surface area contributed by atoms with Crippen LogP contribution in [-0.4, -0.2) is 29.3 Å². The minimum atomic E-state index is 0.707. The number of nitrogens with zero attached hydrogens (tertiary/aromatic N) is 3. The Bertz CT molecular complexity index is 533. The van der Waals surface area contributed by atoms with E-state index >= 15 is 0 Å². The zero-order valence-corrected chi connectivity index (χ0v) is 12.1. The molecule has 106 valence electrons.